The topological polar surface area (TPSA) is 107 Å². The first-order valence-electron chi connectivity index (χ1n) is 4.48. The molecule has 0 aromatic heterocycles. The third-order valence-electron chi connectivity index (χ3n) is 1.83. The third kappa shape index (κ3) is 4.27. The molecule has 0 aromatic rings. The second-order valence-corrected chi connectivity index (χ2v) is 5.15. The van der Waals surface area contributed by atoms with E-state index >= 15 is 0 Å². The van der Waals surface area contributed by atoms with Crippen LogP contribution >= 0.6 is 0 Å². The summed E-state index contributed by atoms with van der Waals surface area (Å²) >= 11 is 0. The number of rotatable bonds is 6. The van der Waals surface area contributed by atoms with E-state index in [2.05, 4.69) is 0 Å². The summed E-state index contributed by atoms with van der Waals surface area (Å²) in [6.45, 7) is 2.95. The molecule has 0 aliphatic heterocycles. The summed E-state index contributed by atoms with van der Waals surface area (Å²) in [4.78, 5) is 10.7. The minimum Gasteiger partial charge on any atom is -0.480 e. The van der Waals surface area contributed by atoms with Crippen molar-refractivity contribution in [3.05, 3.63) is 0 Å². The molecule has 0 bridgehead atoms. The van der Waals surface area contributed by atoms with Gasteiger partial charge in [0, 0.05) is 0 Å². The molecule has 0 radical (unpaired) electrons. The molecular formula is C8H14N2O4S. The lowest BCUT2D eigenvalue weighted by molar-refractivity contribution is -0.139. The summed E-state index contributed by atoms with van der Waals surface area (Å²) in [6, 6.07) is 0.392. The molecule has 15 heavy (non-hydrogen) atoms. The Morgan fingerprint density at radius 3 is 2.47 bits per heavy atom. The van der Waals surface area contributed by atoms with Gasteiger partial charge in [-0.05, 0) is 13.3 Å². The summed E-state index contributed by atoms with van der Waals surface area (Å²) in [5.41, 5.74) is 0. The van der Waals surface area contributed by atoms with Gasteiger partial charge in [0.1, 0.15) is 6.04 Å². The smallest absolute Gasteiger partial charge is 0.321 e. The summed E-state index contributed by atoms with van der Waals surface area (Å²) in [7, 11) is -3.87. The van der Waals surface area contributed by atoms with Crippen molar-refractivity contribution in [2.75, 3.05) is 0 Å². The molecule has 0 aromatic carbocycles. The Kier molecular flexibility index (Phi) is 5.25. The lowest BCUT2D eigenvalue weighted by atomic mass is 10.2. The first kappa shape index (κ1) is 13.9. The van der Waals surface area contributed by atoms with Crippen molar-refractivity contribution >= 4 is 16.0 Å². The number of carboxylic acids is 1. The first-order valence-corrected chi connectivity index (χ1v) is 6.03. The predicted molar refractivity (Wildman–Crippen MR) is 53.5 cm³/mol. The van der Waals surface area contributed by atoms with Crippen molar-refractivity contribution in [3.63, 3.8) is 0 Å². The molecule has 6 nitrogen and oxygen atoms in total. The van der Waals surface area contributed by atoms with Crippen molar-refractivity contribution in [2.45, 2.75) is 38.0 Å². The van der Waals surface area contributed by atoms with Crippen molar-refractivity contribution in [1.29, 1.82) is 5.26 Å². The molecular weight excluding hydrogens is 220 g/mol. The molecule has 0 heterocycles. The van der Waals surface area contributed by atoms with Gasteiger partial charge in [-0.3, -0.25) is 4.79 Å². The molecule has 86 valence electrons. The number of hydrogen-bond acceptors (Lipinski definition) is 4. The fraction of sp³-hybridized carbons (Fsp3) is 0.750. The monoisotopic (exact) mass is 234 g/mol. The summed E-state index contributed by atoms with van der Waals surface area (Å²) in [5.74, 6) is -1.23. The molecule has 0 rings (SSSR count). The number of aliphatic carboxylic acids is 1. The van der Waals surface area contributed by atoms with E-state index in [1.54, 1.807) is 13.0 Å². The second kappa shape index (κ2) is 5.68. The van der Waals surface area contributed by atoms with Crippen LogP contribution in [0.1, 0.15) is 26.7 Å². The van der Waals surface area contributed by atoms with Crippen molar-refractivity contribution in [2.24, 2.45) is 0 Å². The Bertz CT molecular complexity index is 357. The van der Waals surface area contributed by atoms with Gasteiger partial charge < -0.3 is 5.11 Å². The number of nitrogens with zero attached hydrogens (tertiary/aromatic N) is 1. The Labute approximate surface area is 89.0 Å². The molecule has 0 spiro atoms. The highest BCUT2D eigenvalue weighted by Gasteiger charge is 2.27. The van der Waals surface area contributed by atoms with E-state index in [4.69, 9.17) is 10.4 Å². The van der Waals surface area contributed by atoms with Crippen LogP contribution in [0.4, 0.5) is 0 Å². The van der Waals surface area contributed by atoms with Crippen LogP contribution in [0, 0.1) is 11.3 Å². The van der Waals surface area contributed by atoms with E-state index in [0.29, 0.717) is 6.42 Å². The summed E-state index contributed by atoms with van der Waals surface area (Å²) in [5, 5.41) is 15.9. The van der Waals surface area contributed by atoms with Gasteiger partial charge in [0.25, 0.3) is 0 Å². The average Bonchev–Trinajstić information content (AvgIpc) is 2.15. The number of nitrogens with one attached hydrogen (secondary N) is 1. The number of hydrogen-bond donors (Lipinski definition) is 2. The molecule has 2 atom stereocenters. The molecule has 0 amide bonds. The van der Waals surface area contributed by atoms with Gasteiger partial charge in [-0.15, -0.1) is 0 Å². The van der Waals surface area contributed by atoms with E-state index in [1.165, 1.54) is 6.92 Å². The Balaban J connectivity index is 4.69. The number of sulfonamides is 1. The minimum absolute atomic E-state index is 0.201. The van der Waals surface area contributed by atoms with Gasteiger partial charge in [0.2, 0.25) is 10.0 Å². The minimum atomic E-state index is -3.87. The molecule has 0 saturated carbocycles. The van der Waals surface area contributed by atoms with Crippen LogP contribution in [0.5, 0.6) is 0 Å². The maximum Gasteiger partial charge on any atom is 0.321 e. The molecule has 0 aliphatic rings. The van der Waals surface area contributed by atoms with E-state index in [-0.39, 0.29) is 6.42 Å². The van der Waals surface area contributed by atoms with Crippen molar-refractivity contribution in [3.8, 4) is 6.07 Å². The van der Waals surface area contributed by atoms with E-state index in [9.17, 15) is 13.2 Å². The van der Waals surface area contributed by atoms with Crippen LogP contribution in [-0.4, -0.2) is 30.8 Å². The van der Waals surface area contributed by atoms with Gasteiger partial charge in [-0.2, -0.15) is 9.98 Å². The first-order chi connectivity index (χ1) is 6.85. The number of carboxylic acid groups (broad SMARTS) is 1. The van der Waals surface area contributed by atoms with Crippen molar-refractivity contribution < 1.29 is 18.3 Å². The molecule has 7 heteroatoms. The normalized spacial score (nSPS) is 15.3. The van der Waals surface area contributed by atoms with Crippen LogP contribution in [0.2, 0.25) is 0 Å². The van der Waals surface area contributed by atoms with E-state index < -0.39 is 27.3 Å². The maximum atomic E-state index is 11.4. The number of nitriles is 1. The van der Waals surface area contributed by atoms with Crippen molar-refractivity contribution in [1.82, 2.24) is 4.72 Å². The summed E-state index contributed by atoms with van der Waals surface area (Å²) < 4.78 is 24.7. The Morgan fingerprint density at radius 1 is 1.60 bits per heavy atom. The largest absolute Gasteiger partial charge is 0.480 e. The highest BCUT2D eigenvalue weighted by Crippen LogP contribution is 2.03. The van der Waals surface area contributed by atoms with Gasteiger partial charge in [0.15, 0.2) is 5.25 Å². The van der Waals surface area contributed by atoms with Gasteiger partial charge >= 0.3 is 5.97 Å². The van der Waals surface area contributed by atoms with Gasteiger partial charge in [-0.25, -0.2) is 8.42 Å². The summed E-state index contributed by atoms with van der Waals surface area (Å²) in [6.07, 6.45) is 0.743. The quantitative estimate of drug-likeness (QED) is 0.676. The predicted octanol–water partition coefficient (Wildman–Crippen LogP) is 0.0712. The van der Waals surface area contributed by atoms with Crippen LogP contribution in [0.3, 0.4) is 0 Å². The fourth-order valence-corrected chi connectivity index (χ4v) is 1.85. The van der Waals surface area contributed by atoms with E-state index in [0.717, 1.165) is 0 Å². The molecule has 0 fully saturated rings. The van der Waals surface area contributed by atoms with Crippen LogP contribution in [0.15, 0.2) is 0 Å². The number of carbonyl (C=O) groups is 1. The second-order valence-electron chi connectivity index (χ2n) is 3.11. The molecule has 0 saturated heterocycles. The van der Waals surface area contributed by atoms with Gasteiger partial charge in [-0.1, -0.05) is 13.3 Å². The molecule has 2 N–H and O–H groups in total. The third-order valence-corrected chi connectivity index (χ3v) is 3.48. The zero-order chi connectivity index (χ0) is 12.1. The maximum absolute atomic E-state index is 11.4. The Morgan fingerprint density at radius 2 is 2.13 bits per heavy atom. The van der Waals surface area contributed by atoms with Crippen LogP contribution < -0.4 is 4.72 Å². The highest BCUT2D eigenvalue weighted by molar-refractivity contribution is 7.90. The zero-order valence-corrected chi connectivity index (χ0v) is 9.41. The standard InChI is InChI=1S/C8H14N2O4S/c1-3-4-7(8(11)12)10-15(13,14)6(2)5-9/h6-7,10H,3-4H2,1-2H3,(H,11,12)/t6?,7-/m1/s1. The zero-order valence-electron chi connectivity index (χ0n) is 8.60. The fourth-order valence-electron chi connectivity index (χ4n) is 0.891. The lowest BCUT2D eigenvalue weighted by Crippen LogP contribution is -2.43. The van der Waals surface area contributed by atoms with E-state index in [1.807, 2.05) is 4.72 Å². The average molecular weight is 234 g/mol. The Hall–Kier alpha value is -1.13. The van der Waals surface area contributed by atoms with Crippen LogP contribution in [0.25, 0.3) is 0 Å². The molecule has 0 aliphatic carbocycles. The van der Waals surface area contributed by atoms with Gasteiger partial charge in [0.05, 0.1) is 6.07 Å². The SMILES string of the molecule is CCC[C@@H](NS(=O)(=O)C(C)C#N)C(=O)O. The van der Waals surface area contributed by atoms with Crippen LogP contribution in [-0.2, 0) is 14.8 Å². The lowest BCUT2D eigenvalue weighted by Gasteiger charge is -2.14. The highest BCUT2D eigenvalue weighted by atomic mass is 32.2. The molecule has 1 unspecified atom stereocenters.